The summed E-state index contributed by atoms with van der Waals surface area (Å²) in [6, 6.07) is 12.5. The zero-order valence-electron chi connectivity index (χ0n) is 16.6. The molecule has 0 unspecified atom stereocenters. The van der Waals surface area contributed by atoms with Gasteiger partial charge in [-0.05, 0) is 43.2 Å². The van der Waals surface area contributed by atoms with Crippen LogP contribution in [0.5, 0.6) is 5.75 Å². The molecule has 8 heteroatoms. The van der Waals surface area contributed by atoms with E-state index in [-0.39, 0.29) is 24.0 Å². The summed E-state index contributed by atoms with van der Waals surface area (Å²) in [6.45, 7) is 5.09. The average molecular weight is 399 g/mol. The van der Waals surface area contributed by atoms with Gasteiger partial charge in [0.05, 0.1) is 4.92 Å². The molecule has 0 fully saturated rings. The fourth-order valence-electron chi connectivity index (χ4n) is 2.80. The molecule has 29 heavy (non-hydrogen) atoms. The first-order valence-corrected chi connectivity index (χ1v) is 9.51. The predicted molar refractivity (Wildman–Crippen MR) is 110 cm³/mol. The number of nitro groups is 1. The number of nitrogens with one attached hydrogen (secondary N) is 1. The molecule has 0 aliphatic rings. The number of para-hydroxylation sites is 2. The van der Waals surface area contributed by atoms with Crippen LogP contribution in [0, 0.1) is 10.1 Å². The monoisotopic (exact) mass is 399 g/mol. The lowest BCUT2D eigenvalue weighted by molar-refractivity contribution is -0.385. The molecule has 0 saturated carbocycles. The molecule has 0 spiro atoms. The van der Waals surface area contributed by atoms with E-state index in [9.17, 15) is 19.7 Å². The first-order valence-electron chi connectivity index (χ1n) is 9.51. The third-order valence-electron chi connectivity index (χ3n) is 4.11. The van der Waals surface area contributed by atoms with E-state index in [4.69, 9.17) is 4.74 Å². The van der Waals surface area contributed by atoms with Crippen molar-refractivity contribution in [2.45, 2.75) is 26.7 Å². The van der Waals surface area contributed by atoms with Crippen molar-refractivity contribution < 1.29 is 19.2 Å². The fraction of sp³-hybridized carbons (Fsp3) is 0.333. The van der Waals surface area contributed by atoms with Crippen LogP contribution < -0.4 is 10.1 Å². The third-order valence-corrected chi connectivity index (χ3v) is 4.11. The van der Waals surface area contributed by atoms with Gasteiger partial charge in [0.25, 0.3) is 11.8 Å². The van der Waals surface area contributed by atoms with Crippen LogP contribution in [0.15, 0.2) is 48.5 Å². The largest absolute Gasteiger partial charge is 0.477 e. The molecule has 0 atom stereocenters. The quantitative estimate of drug-likeness (QED) is 0.483. The van der Waals surface area contributed by atoms with Gasteiger partial charge in [-0.25, -0.2) is 0 Å². The molecule has 0 radical (unpaired) electrons. The summed E-state index contributed by atoms with van der Waals surface area (Å²) < 4.78 is 5.27. The number of ether oxygens (including phenoxy) is 1. The van der Waals surface area contributed by atoms with Gasteiger partial charge in [0.1, 0.15) is 0 Å². The molecule has 154 valence electrons. The SMILES string of the molecule is CCCN(CCC)C(=O)c1ccc(NC(=O)COc2ccccc2[N+](=O)[O-])cc1. The molecule has 0 heterocycles. The number of benzene rings is 2. The summed E-state index contributed by atoms with van der Waals surface area (Å²) in [5.41, 5.74) is 0.864. The van der Waals surface area contributed by atoms with Crippen molar-refractivity contribution >= 4 is 23.2 Å². The maximum Gasteiger partial charge on any atom is 0.310 e. The highest BCUT2D eigenvalue weighted by molar-refractivity contribution is 5.96. The number of nitro benzene ring substituents is 1. The molecule has 0 aliphatic carbocycles. The van der Waals surface area contributed by atoms with E-state index in [0.29, 0.717) is 24.3 Å². The summed E-state index contributed by atoms with van der Waals surface area (Å²) in [4.78, 5) is 36.9. The number of rotatable bonds is 10. The van der Waals surface area contributed by atoms with Crippen LogP contribution in [0.3, 0.4) is 0 Å². The van der Waals surface area contributed by atoms with E-state index in [1.165, 1.54) is 18.2 Å². The minimum atomic E-state index is -0.566. The minimum Gasteiger partial charge on any atom is -0.477 e. The van der Waals surface area contributed by atoms with E-state index in [0.717, 1.165) is 12.8 Å². The highest BCUT2D eigenvalue weighted by Gasteiger charge is 2.16. The lowest BCUT2D eigenvalue weighted by Gasteiger charge is -2.21. The Morgan fingerprint density at radius 3 is 2.24 bits per heavy atom. The highest BCUT2D eigenvalue weighted by atomic mass is 16.6. The first-order chi connectivity index (χ1) is 14.0. The van der Waals surface area contributed by atoms with Crippen molar-refractivity contribution in [1.82, 2.24) is 4.90 Å². The molecule has 0 bridgehead atoms. The van der Waals surface area contributed by atoms with Gasteiger partial charge >= 0.3 is 5.69 Å². The number of hydrogen-bond acceptors (Lipinski definition) is 5. The van der Waals surface area contributed by atoms with Crippen molar-refractivity contribution in [3.05, 3.63) is 64.2 Å². The van der Waals surface area contributed by atoms with Crippen LogP contribution in [-0.2, 0) is 4.79 Å². The van der Waals surface area contributed by atoms with Gasteiger partial charge in [-0.2, -0.15) is 0 Å². The van der Waals surface area contributed by atoms with Gasteiger partial charge in [-0.15, -0.1) is 0 Å². The van der Waals surface area contributed by atoms with Crippen LogP contribution in [0.25, 0.3) is 0 Å². The van der Waals surface area contributed by atoms with Crippen LogP contribution in [0.4, 0.5) is 11.4 Å². The zero-order chi connectivity index (χ0) is 21.2. The maximum absolute atomic E-state index is 12.6. The molecular weight excluding hydrogens is 374 g/mol. The number of carbonyl (C=O) groups excluding carboxylic acids is 2. The van der Waals surface area contributed by atoms with Crippen LogP contribution in [-0.4, -0.2) is 41.3 Å². The van der Waals surface area contributed by atoms with Gasteiger partial charge in [-0.1, -0.05) is 26.0 Å². The van der Waals surface area contributed by atoms with Gasteiger partial charge in [0.15, 0.2) is 12.4 Å². The standard InChI is InChI=1S/C21H25N3O5/c1-3-13-23(14-4-2)21(26)16-9-11-17(12-10-16)22-20(25)15-29-19-8-6-5-7-18(19)24(27)28/h5-12H,3-4,13-15H2,1-2H3,(H,22,25). The number of anilines is 1. The van der Waals surface area contributed by atoms with Crippen LogP contribution in [0.2, 0.25) is 0 Å². The van der Waals surface area contributed by atoms with Gasteiger partial charge in [-0.3, -0.25) is 19.7 Å². The third kappa shape index (κ3) is 6.31. The molecule has 2 aromatic rings. The van der Waals surface area contributed by atoms with Crippen molar-refractivity contribution in [1.29, 1.82) is 0 Å². The second-order valence-electron chi connectivity index (χ2n) is 6.43. The Morgan fingerprint density at radius 1 is 1.03 bits per heavy atom. The van der Waals surface area contributed by atoms with E-state index in [1.54, 1.807) is 30.3 Å². The molecule has 0 aromatic heterocycles. The summed E-state index contributed by atoms with van der Waals surface area (Å²) in [5.74, 6) is -0.465. The van der Waals surface area contributed by atoms with Crippen molar-refractivity contribution in [3.8, 4) is 5.75 Å². The lowest BCUT2D eigenvalue weighted by atomic mass is 10.1. The Bertz CT molecular complexity index is 846. The number of nitrogens with zero attached hydrogens (tertiary/aromatic N) is 2. The normalized spacial score (nSPS) is 10.3. The zero-order valence-corrected chi connectivity index (χ0v) is 16.6. The topological polar surface area (TPSA) is 102 Å². The summed E-state index contributed by atoms with van der Waals surface area (Å²) in [5, 5.41) is 13.6. The Morgan fingerprint density at radius 2 is 1.66 bits per heavy atom. The fourth-order valence-corrected chi connectivity index (χ4v) is 2.80. The average Bonchev–Trinajstić information content (AvgIpc) is 2.72. The molecular formula is C21H25N3O5. The molecule has 2 aromatic carbocycles. The minimum absolute atomic E-state index is 0.0283. The molecule has 0 aliphatic heterocycles. The van der Waals surface area contributed by atoms with Crippen molar-refractivity contribution in [2.24, 2.45) is 0 Å². The highest BCUT2D eigenvalue weighted by Crippen LogP contribution is 2.25. The first kappa shape index (κ1) is 21.9. The van der Waals surface area contributed by atoms with E-state index in [1.807, 2.05) is 18.7 Å². The molecule has 1 N–H and O–H groups in total. The second kappa shape index (κ2) is 10.8. The predicted octanol–water partition coefficient (Wildman–Crippen LogP) is 3.87. The lowest BCUT2D eigenvalue weighted by Crippen LogP contribution is -2.32. The molecule has 2 rings (SSSR count). The molecule has 0 saturated heterocycles. The Balaban J connectivity index is 1.95. The summed E-state index contributed by atoms with van der Waals surface area (Å²) >= 11 is 0. The summed E-state index contributed by atoms with van der Waals surface area (Å²) in [7, 11) is 0. The summed E-state index contributed by atoms with van der Waals surface area (Å²) in [6.07, 6.45) is 1.78. The van der Waals surface area contributed by atoms with Crippen molar-refractivity contribution in [2.75, 3.05) is 25.0 Å². The smallest absolute Gasteiger partial charge is 0.310 e. The van der Waals surface area contributed by atoms with E-state index in [2.05, 4.69) is 5.32 Å². The van der Waals surface area contributed by atoms with Gasteiger partial charge in [0, 0.05) is 30.4 Å². The van der Waals surface area contributed by atoms with Gasteiger partial charge in [0.2, 0.25) is 0 Å². The molecule has 8 nitrogen and oxygen atoms in total. The van der Waals surface area contributed by atoms with Gasteiger partial charge < -0.3 is 15.0 Å². The van der Waals surface area contributed by atoms with Crippen LogP contribution in [0.1, 0.15) is 37.0 Å². The maximum atomic E-state index is 12.6. The Labute approximate surface area is 169 Å². The second-order valence-corrected chi connectivity index (χ2v) is 6.43. The van der Waals surface area contributed by atoms with E-state index < -0.39 is 10.8 Å². The van der Waals surface area contributed by atoms with Crippen molar-refractivity contribution in [3.63, 3.8) is 0 Å². The Kier molecular flexibility index (Phi) is 8.14. The Hall–Kier alpha value is -3.42. The number of hydrogen-bond donors (Lipinski definition) is 1. The van der Waals surface area contributed by atoms with Crippen LogP contribution >= 0.6 is 0 Å². The van der Waals surface area contributed by atoms with E-state index >= 15 is 0 Å². The number of amides is 2. The molecule has 2 amide bonds. The number of carbonyl (C=O) groups is 2.